The molecule has 34 heavy (non-hydrogen) atoms. The number of benzene rings is 3. The van der Waals surface area contributed by atoms with Gasteiger partial charge in [0.1, 0.15) is 6.61 Å². The number of H-pyrrole nitrogens is 1. The first kappa shape index (κ1) is 23.4. The van der Waals surface area contributed by atoms with Crippen LogP contribution in [0.2, 0.25) is 0 Å². The number of ether oxygens (including phenoxy) is 2. The van der Waals surface area contributed by atoms with E-state index in [1.807, 2.05) is 60.7 Å². The Balaban J connectivity index is 1.55. The fourth-order valence-electron chi connectivity index (χ4n) is 3.45. The van der Waals surface area contributed by atoms with Crippen molar-refractivity contribution in [2.45, 2.75) is 32.8 Å². The lowest BCUT2D eigenvalue weighted by molar-refractivity contribution is 0.284. The molecule has 7 heteroatoms. The van der Waals surface area contributed by atoms with E-state index in [2.05, 4.69) is 48.2 Å². The fourth-order valence-corrected chi connectivity index (χ4v) is 3.63. The van der Waals surface area contributed by atoms with Gasteiger partial charge in [-0.1, -0.05) is 75.4 Å². The molecular formula is C27H28N4O2S. The molecule has 4 rings (SSSR count). The molecule has 0 unspecified atom stereocenters. The molecule has 0 aliphatic rings. The summed E-state index contributed by atoms with van der Waals surface area (Å²) in [4.78, 5) is 0. The van der Waals surface area contributed by atoms with E-state index in [-0.39, 0.29) is 5.41 Å². The standard InChI is InChI=1S/C27H28N4O2S/c1-27(2,3)22-13-11-21(12-14-22)25-29-30-26(34)31(25)28-17-20-10-15-23(24(16-20)32-4)33-18-19-8-6-5-7-9-19/h5-17H,18H2,1-4H3,(H,30,34). The lowest BCUT2D eigenvalue weighted by Gasteiger charge is -2.18. The maximum absolute atomic E-state index is 5.94. The second-order valence-corrected chi connectivity index (χ2v) is 9.31. The minimum atomic E-state index is 0.0808. The van der Waals surface area contributed by atoms with Crippen molar-refractivity contribution in [2.24, 2.45) is 5.10 Å². The summed E-state index contributed by atoms with van der Waals surface area (Å²) in [7, 11) is 1.62. The highest BCUT2D eigenvalue weighted by Gasteiger charge is 2.15. The van der Waals surface area contributed by atoms with Gasteiger partial charge in [-0.2, -0.15) is 14.9 Å². The number of nitrogens with zero attached hydrogens (tertiary/aromatic N) is 3. The Morgan fingerprint density at radius 1 is 1.00 bits per heavy atom. The van der Waals surface area contributed by atoms with Gasteiger partial charge in [-0.25, -0.2) is 5.10 Å². The first-order valence-corrected chi connectivity index (χ1v) is 11.4. The second-order valence-electron chi connectivity index (χ2n) is 8.92. The second kappa shape index (κ2) is 10.1. The molecule has 1 aromatic heterocycles. The van der Waals surface area contributed by atoms with Crippen LogP contribution in [-0.2, 0) is 12.0 Å². The Kier molecular flexibility index (Phi) is 6.93. The maximum atomic E-state index is 5.94. The molecule has 0 saturated heterocycles. The van der Waals surface area contributed by atoms with Gasteiger partial charge in [0.05, 0.1) is 13.3 Å². The summed E-state index contributed by atoms with van der Waals surface area (Å²) in [5.74, 6) is 1.95. The smallest absolute Gasteiger partial charge is 0.216 e. The quantitative estimate of drug-likeness (QED) is 0.251. The van der Waals surface area contributed by atoms with Gasteiger partial charge in [0.25, 0.3) is 0 Å². The highest BCUT2D eigenvalue weighted by atomic mass is 32.1. The predicted octanol–water partition coefficient (Wildman–Crippen LogP) is 6.37. The first-order chi connectivity index (χ1) is 16.3. The van der Waals surface area contributed by atoms with E-state index in [0.717, 1.165) is 16.7 Å². The van der Waals surface area contributed by atoms with Crippen LogP contribution in [0.4, 0.5) is 0 Å². The molecule has 0 aliphatic carbocycles. The molecule has 0 aliphatic heterocycles. The van der Waals surface area contributed by atoms with Crippen molar-refractivity contribution in [3.8, 4) is 22.9 Å². The Bertz CT molecular complexity index is 1330. The van der Waals surface area contributed by atoms with Gasteiger partial charge in [0, 0.05) is 5.56 Å². The Labute approximate surface area is 204 Å². The van der Waals surface area contributed by atoms with Crippen LogP contribution in [0.15, 0.2) is 77.9 Å². The fraction of sp³-hybridized carbons (Fsp3) is 0.222. The molecule has 0 spiro atoms. The van der Waals surface area contributed by atoms with Crippen LogP contribution in [0.5, 0.6) is 11.5 Å². The van der Waals surface area contributed by atoms with Gasteiger partial charge in [0.2, 0.25) is 4.77 Å². The molecule has 6 nitrogen and oxygen atoms in total. The van der Waals surface area contributed by atoms with Crippen LogP contribution < -0.4 is 9.47 Å². The molecular weight excluding hydrogens is 444 g/mol. The first-order valence-electron chi connectivity index (χ1n) is 11.0. The summed E-state index contributed by atoms with van der Waals surface area (Å²) in [5.41, 5.74) is 4.20. The van der Waals surface area contributed by atoms with Crippen LogP contribution in [0, 0.1) is 4.77 Å². The molecule has 0 fully saturated rings. The van der Waals surface area contributed by atoms with Crippen LogP contribution in [-0.4, -0.2) is 28.2 Å². The van der Waals surface area contributed by atoms with Crippen LogP contribution in [0.25, 0.3) is 11.4 Å². The number of rotatable bonds is 7. The molecule has 1 heterocycles. The zero-order valence-electron chi connectivity index (χ0n) is 19.8. The zero-order valence-corrected chi connectivity index (χ0v) is 20.6. The van der Waals surface area contributed by atoms with Gasteiger partial charge >= 0.3 is 0 Å². The number of hydrogen-bond acceptors (Lipinski definition) is 5. The largest absolute Gasteiger partial charge is 0.493 e. The molecule has 0 bridgehead atoms. The number of methoxy groups -OCH3 is 1. The van der Waals surface area contributed by atoms with Crippen molar-refractivity contribution in [3.05, 3.63) is 94.3 Å². The number of aromatic amines is 1. The van der Waals surface area contributed by atoms with Crippen molar-refractivity contribution in [3.63, 3.8) is 0 Å². The average molecular weight is 473 g/mol. The average Bonchev–Trinajstić information content (AvgIpc) is 3.22. The minimum Gasteiger partial charge on any atom is -0.493 e. The van der Waals surface area contributed by atoms with E-state index in [4.69, 9.17) is 21.7 Å². The van der Waals surface area contributed by atoms with Crippen molar-refractivity contribution in [2.75, 3.05) is 7.11 Å². The molecule has 1 N–H and O–H groups in total. The lowest BCUT2D eigenvalue weighted by atomic mass is 9.87. The highest BCUT2D eigenvalue weighted by Crippen LogP contribution is 2.29. The molecule has 0 saturated carbocycles. The number of hydrogen-bond donors (Lipinski definition) is 1. The third-order valence-electron chi connectivity index (χ3n) is 5.41. The van der Waals surface area contributed by atoms with Crippen molar-refractivity contribution >= 4 is 18.4 Å². The van der Waals surface area contributed by atoms with Crippen LogP contribution in [0.1, 0.15) is 37.5 Å². The van der Waals surface area contributed by atoms with Crippen LogP contribution >= 0.6 is 12.2 Å². The van der Waals surface area contributed by atoms with Crippen molar-refractivity contribution < 1.29 is 9.47 Å². The normalized spacial score (nSPS) is 11.6. The van der Waals surface area contributed by atoms with Crippen molar-refractivity contribution in [1.29, 1.82) is 0 Å². The van der Waals surface area contributed by atoms with E-state index in [9.17, 15) is 0 Å². The van der Waals surface area contributed by atoms with Gasteiger partial charge in [-0.15, -0.1) is 0 Å². The maximum Gasteiger partial charge on any atom is 0.216 e. The number of nitrogens with one attached hydrogen (secondary N) is 1. The summed E-state index contributed by atoms with van der Waals surface area (Å²) < 4.78 is 13.5. The molecule has 174 valence electrons. The summed E-state index contributed by atoms with van der Waals surface area (Å²) in [6.07, 6.45) is 1.72. The highest BCUT2D eigenvalue weighted by molar-refractivity contribution is 7.71. The molecule has 3 aromatic carbocycles. The minimum absolute atomic E-state index is 0.0808. The van der Waals surface area contributed by atoms with Gasteiger partial charge in [-0.05, 0) is 52.5 Å². The third kappa shape index (κ3) is 5.43. The van der Waals surface area contributed by atoms with Gasteiger partial charge in [0.15, 0.2) is 17.3 Å². The predicted molar refractivity (Wildman–Crippen MR) is 138 cm³/mol. The monoisotopic (exact) mass is 472 g/mol. The van der Waals surface area contributed by atoms with Gasteiger partial charge in [-0.3, -0.25) is 0 Å². The summed E-state index contributed by atoms with van der Waals surface area (Å²) >= 11 is 5.41. The Morgan fingerprint density at radius 3 is 2.41 bits per heavy atom. The van der Waals surface area contributed by atoms with Gasteiger partial charge < -0.3 is 9.47 Å². The van der Waals surface area contributed by atoms with E-state index < -0.39 is 0 Å². The third-order valence-corrected chi connectivity index (χ3v) is 5.67. The van der Waals surface area contributed by atoms with Crippen molar-refractivity contribution in [1.82, 2.24) is 14.9 Å². The molecule has 4 aromatic rings. The Hall–Kier alpha value is -3.71. The van der Waals surface area contributed by atoms with E-state index >= 15 is 0 Å². The topological polar surface area (TPSA) is 64.4 Å². The SMILES string of the molecule is COc1cc(C=Nn2c(-c3ccc(C(C)(C)C)cc3)n[nH]c2=S)ccc1OCc1ccccc1. The van der Waals surface area contributed by atoms with E-state index in [1.165, 1.54) is 5.56 Å². The Morgan fingerprint density at radius 2 is 1.74 bits per heavy atom. The number of aromatic nitrogens is 3. The zero-order chi connectivity index (χ0) is 24.1. The summed E-state index contributed by atoms with van der Waals surface area (Å²) in [6, 6.07) is 24.0. The summed E-state index contributed by atoms with van der Waals surface area (Å²) in [5, 5.41) is 11.8. The van der Waals surface area contributed by atoms with Crippen LogP contribution in [0.3, 0.4) is 0 Å². The van der Waals surface area contributed by atoms with E-state index in [0.29, 0.717) is 28.7 Å². The summed E-state index contributed by atoms with van der Waals surface area (Å²) in [6.45, 7) is 7.03. The molecule has 0 atom stereocenters. The lowest BCUT2D eigenvalue weighted by Crippen LogP contribution is -2.10. The molecule has 0 amide bonds. The van der Waals surface area contributed by atoms with E-state index in [1.54, 1.807) is 18.0 Å². The molecule has 0 radical (unpaired) electrons.